The van der Waals surface area contributed by atoms with Gasteiger partial charge >= 0.3 is 6.03 Å². The molecule has 1 aliphatic heterocycles. The Bertz CT molecular complexity index is 1120. The Morgan fingerprint density at radius 2 is 1.94 bits per heavy atom. The molecule has 2 N–H and O–H groups in total. The number of piperazine rings is 1. The average molecular weight is 470 g/mol. The molecule has 178 valence electrons. The molecule has 3 aromatic rings. The van der Waals surface area contributed by atoms with Crippen molar-refractivity contribution in [2.24, 2.45) is 0 Å². The first kappa shape index (κ1) is 23.4. The summed E-state index contributed by atoms with van der Waals surface area (Å²) >= 11 is 1.60. The highest BCUT2D eigenvalue weighted by atomic mass is 32.1. The van der Waals surface area contributed by atoms with Crippen LogP contribution in [0, 0.1) is 6.92 Å². The number of aromatic nitrogens is 3. The van der Waals surface area contributed by atoms with Gasteiger partial charge in [0.2, 0.25) is 10.1 Å². The van der Waals surface area contributed by atoms with Crippen molar-refractivity contribution in [1.29, 1.82) is 0 Å². The maximum atomic E-state index is 12.4. The Hall–Kier alpha value is -2.81. The van der Waals surface area contributed by atoms with Gasteiger partial charge in [-0.15, -0.1) is 5.10 Å². The van der Waals surface area contributed by atoms with Crippen molar-refractivity contribution >= 4 is 33.3 Å². The maximum absolute atomic E-state index is 12.4. The predicted octanol–water partition coefficient (Wildman–Crippen LogP) is 4.61. The Morgan fingerprint density at radius 1 is 1.21 bits per heavy atom. The van der Waals surface area contributed by atoms with Crippen molar-refractivity contribution in [2.45, 2.75) is 59.5 Å². The molecule has 2 aromatic heterocycles. The van der Waals surface area contributed by atoms with Gasteiger partial charge in [-0.2, -0.15) is 4.52 Å². The number of carbonyl (C=O) groups is 1. The topological polar surface area (TPSA) is 77.8 Å². The third-order valence-electron chi connectivity index (χ3n) is 5.80. The van der Waals surface area contributed by atoms with Crippen LogP contribution in [-0.2, 0) is 0 Å². The van der Waals surface area contributed by atoms with E-state index >= 15 is 0 Å². The van der Waals surface area contributed by atoms with E-state index in [9.17, 15) is 4.79 Å². The number of carbonyl (C=O) groups excluding carboxylic acids is 1. The van der Waals surface area contributed by atoms with Crippen molar-refractivity contribution in [3.8, 4) is 11.3 Å². The quantitative estimate of drug-likeness (QED) is 0.571. The number of anilines is 2. The molecule has 4 rings (SSSR count). The Morgan fingerprint density at radius 3 is 2.58 bits per heavy atom. The molecule has 33 heavy (non-hydrogen) atoms. The Labute approximate surface area is 200 Å². The number of aryl methyl sites for hydroxylation is 1. The Balaban J connectivity index is 1.57. The van der Waals surface area contributed by atoms with Crippen LogP contribution in [-0.4, -0.2) is 63.3 Å². The third-order valence-corrected chi connectivity index (χ3v) is 6.77. The summed E-state index contributed by atoms with van der Waals surface area (Å²) < 4.78 is 1.94. The van der Waals surface area contributed by atoms with E-state index in [-0.39, 0.29) is 17.6 Å². The van der Waals surface area contributed by atoms with E-state index in [1.165, 1.54) is 5.56 Å². The largest absolute Gasteiger partial charge is 0.364 e. The standard InChI is InChI=1S/C24H35N7OS/c1-7-17(3)25-21(32)29-11-13-30(14-12-29)23-28-31-20(27-24(4,5)6)19(26-22(31)33-23)18-10-8-9-16(2)15-18/h8-10,15,17,27H,7,11-14H2,1-6H3,(H,25,32)/t17-/m1/s1. The molecule has 1 aliphatic rings. The van der Waals surface area contributed by atoms with E-state index in [4.69, 9.17) is 10.1 Å². The molecular weight excluding hydrogens is 434 g/mol. The van der Waals surface area contributed by atoms with Gasteiger partial charge in [0, 0.05) is 43.3 Å². The van der Waals surface area contributed by atoms with E-state index in [1.54, 1.807) is 11.3 Å². The number of fused-ring (bicyclic) bond motifs is 1. The van der Waals surface area contributed by atoms with Gasteiger partial charge < -0.3 is 20.4 Å². The second-order valence-electron chi connectivity index (χ2n) is 9.87. The highest BCUT2D eigenvalue weighted by Crippen LogP contribution is 2.35. The number of imidazole rings is 1. The van der Waals surface area contributed by atoms with Crippen LogP contribution in [0.25, 0.3) is 16.2 Å². The average Bonchev–Trinajstić information content (AvgIpc) is 3.32. The van der Waals surface area contributed by atoms with Crippen molar-refractivity contribution in [3.05, 3.63) is 29.8 Å². The zero-order valence-corrected chi connectivity index (χ0v) is 21.3. The fourth-order valence-corrected chi connectivity index (χ4v) is 4.79. The van der Waals surface area contributed by atoms with Crippen LogP contribution >= 0.6 is 11.3 Å². The van der Waals surface area contributed by atoms with E-state index in [0.717, 1.165) is 46.7 Å². The van der Waals surface area contributed by atoms with E-state index in [2.05, 4.69) is 74.4 Å². The number of nitrogens with zero attached hydrogens (tertiary/aromatic N) is 5. The zero-order valence-electron chi connectivity index (χ0n) is 20.5. The molecule has 8 nitrogen and oxygen atoms in total. The molecule has 0 radical (unpaired) electrons. The SMILES string of the molecule is CC[C@@H](C)NC(=O)N1CCN(c2nn3c(NC(C)(C)C)c(-c4cccc(C)c4)nc3s2)CC1. The molecule has 0 bridgehead atoms. The van der Waals surface area contributed by atoms with Gasteiger partial charge in [0.25, 0.3) is 0 Å². The monoisotopic (exact) mass is 469 g/mol. The first-order valence-corrected chi connectivity index (χ1v) is 12.5. The van der Waals surface area contributed by atoms with Gasteiger partial charge in [0.05, 0.1) is 0 Å². The van der Waals surface area contributed by atoms with E-state index in [1.807, 2.05) is 16.3 Å². The summed E-state index contributed by atoms with van der Waals surface area (Å²) in [6, 6.07) is 8.63. The zero-order chi connectivity index (χ0) is 23.8. The lowest BCUT2D eigenvalue weighted by Crippen LogP contribution is -2.53. The number of benzene rings is 1. The highest BCUT2D eigenvalue weighted by Gasteiger charge is 2.27. The second-order valence-corrected chi connectivity index (χ2v) is 10.8. The van der Waals surface area contributed by atoms with E-state index in [0.29, 0.717) is 13.1 Å². The molecular formula is C24H35N7OS. The fourth-order valence-electron chi connectivity index (χ4n) is 3.83. The predicted molar refractivity (Wildman–Crippen MR) is 136 cm³/mol. The highest BCUT2D eigenvalue weighted by molar-refractivity contribution is 7.20. The lowest BCUT2D eigenvalue weighted by Gasteiger charge is -2.34. The van der Waals surface area contributed by atoms with Crippen molar-refractivity contribution in [3.63, 3.8) is 0 Å². The van der Waals surface area contributed by atoms with E-state index < -0.39 is 0 Å². The van der Waals surface area contributed by atoms with Crippen molar-refractivity contribution in [1.82, 2.24) is 24.8 Å². The molecule has 1 saturated heterocycles. The molecule has 1 atom stereocenters. The Kier molecular flexibility index (Phi) is 6.52. The fraction of sp³-hybridized carbons (Fsp3) is 0.542. The number of hydrogen-bond acceptors (Lipinski definition) is 6. The van der Waals surface area contributed by atoms with Crippen LogP contribution in [0.4, 0.5) is 15.7 Å². The second kappa shape index (κ2) is 9.21. The van der Waals surface area contributed by atoms with Crippen LogP contribution in [0.3, 0.4) is 0 Å². The first-order chi connectivity index (χ1) is 15.6. The third kappa shape index (κ3) is 5.24. The molecule has 0 unspecified atom stereocenters. The van der Waals surface area contributed by atoms with Crippen molar-refractivity contribution in [2.75, 3.05) is 36.4 Å². The van der Waals surface area contributed by atoms with Gasteiger partial charge in [0.15, 0.2) is 5.82 Å². The molecule has 0 aliphatic carbocycles. The minimum atomic E-state index is -0.132. The first-order valence-electron chi connectivity index (χ1n) is 11.7. The van der Waals surface area contributed by atoms with Gasteiger partial charge in [-0.25, -0.2) is 9.78 Å². The smallest absolute Gasteiger partial charge is 0.317 e. The summed E-state index contributed by atoms with van der Waals surface area (Å²) in [6.45, 7) is 15.5. The molecule has 3 heterocycles. The maximum Gasteiger partial charge on any atom is 0.317 e. The lowest BCUT2D eigenvalue weighted by molar-refractivity contribution is 0.190. The van der Waals surface area contributed by atoms with Gasteiger partial charge in [-0.1, -0.05) is 42.0 Å². The van der Waals surface area contributed by atoms with Crippen LogP contribution in [0.2, 0.25) is 0 Å². The summed E-state index contributed by atoms with van der Waals surface area (Å²) in [5, 5.41) is 12.6. The molecule has 0 saturated carbocycles. The summed E-state index contributed by atoms with van der Waals surface area (Å²) in [6.07, 6.45) is 0.931. The molecule has 0 spiro atoms. The molecule has 9 heteroatoms. The number of urea groups is 1. The summed E-state index contributed by atoms with van der Waals surface area (Å²) in [5.74, 6) is 0.914. The number of rotatable bonds is 5. The molecule has 1 aromatic carbocycles. The summed E-state index contributed by atoms with van der Waals surface area (Å²) in [7, 11) is 0. The van der Waals surface area contributed by atoms with Gasteiger partial charge in [-0.3, -0.25) is 0 Å². The molecule has 1 fully saturated rings. The van der Waals surface area contributed by atoms with Crippen LogP contribution in [0.15, 0.2) is 24.3 Å². The number of amides is 2. The molecule has 2 amide bonds. The summed E-state index contributed by atoms with van der Waals surface area (Å²) in [4.78, 5) is 22.4. The van der Waals surface area contributed by atoms with Gasteiger partial charge in [0.1, 0.15) is 5.69 Å². The normalized spacial score (nSPS) is 15.7. The van der Waals surface area contributed by atoms with Gasteiger partial charge in [-0.05, 0) is 47.1 Å². The van der Waals surface area contributed by atoms with Crippen molar-refractivity contribution < 1.29 is 4.79 Å². The summed E-state index contributed by atoms with van der Waals surface area (Å²) in [5.41, 5.74) is 3.08. The minimum absolute atomic E-state index is 0.0254. The number of hydrogen-bond donors (Lipinski definition) is 2. The van der Waals surface area contributed by atoms with Crippen LogP contribution < -0.4 is 15.5 Å². The number of nitrogens with one attached hydrogen (secondary N) is 2. The van der Waals surface area contributed by atoms with Crippen LogP contribution in [0.5, 0.6) is 0 Å². The van der Waals surface area contributed by atoms with Crippen LogP contribution in [0.1, 0.15) is 46.6 Å². The minimum Gasteiger partial charge on any atom is -0.364 e. The lowest BCUT2D eigenvalue weighted by atomic mass is 10.1.